The SMILES string of the molecule is Oc1ccc(C=Nc2ccc([C@@H]3Nc4ccccc4[C@@H]4C=CC[C@@H]43)cc2)cc1. The molecule has 0 fully saturated rings. The molecule has 2 N–H and O–H groups in total. The molecule has 0 bridgehead atoms. The van der Waals surface area contributed by atoms with Crippen molar-refractivity contribution in [3.05, 3.63) is 102 Å². The maximum Gasteiger partial charge on any atom is 0.115 e. The second kappa shape index (κ2) is 7.01. The van der Waals surface area contributed by atoms with Gasteiger partial charge < -0.3 is 10.4 Å². The average Bonchev–Trinajstić information content (AvgIpc) is 3.23. The van der Waals surface area contributed by atoms with Gasteiger partial charge in [-0.2, -0.15) is 0 Å². The van der Waals surface area contributed by atoms with Crippen molar-refractivity contribution in [2.45, 2.75) is 18.4 Å². The Bertz CT molecular complexity index is 1030. The Balaban J connectivity index is 1.38. The molecule has 3 atom stereocenters. The summed E-state index contributed by atoms with van der Waals surface area (Å²) in [6.45, 7) is 0. The number of para-hydroxylation sites is 1. The molecule has 0 saturated heterocycles. The van der Waals surface area contributed by atoms with E-state index in [4.69, 9.17) is 0 Å². The first-order valence-corrected chi connectivity index (χ1v) is 9.73. The Morgan fingerprint density at radius 2 is 1.71 bits per heavy atom. The van der Waals surface area contributed by atoms with E-state index in [9.17, 15) is 5.11 Å². The lowest BCUT2D eigenvalue weighted by Crippen LogP contribution is -2.28. The second-order valence-electron chi connectivity index (χ2n) is 7.50. The first kappa shape index (κ1) is 16.8. The van der Waals surface area contributed by atoms with Crippen molar-refractivity contribution in [1.29, 1.82) is 0 Å². The summed E-state index contributed by atoms with van der Waals surface area (Å²) in [5, 5.41) is 13.1. The van der Waals surface area contributed by atoms with Crippen molar-refractivity contribution in [2.75, 3.05) is 5.32 Å². The molecule has 3 heteroatoms. The fourth-order valence-corrected chi connectivity index (χ4v) is 4.35. The highest BCUT2D eigenvalue weighted by Gasteiger charge is 2.37. The van der Waals surface area contributed by atoms with Gasteiger partial charge in [0.05, 0.1) is 11.7 Å². The number of rotatable bonds is 3. The van der Waals surface area contributed by atoms with Gasteiger partial charge in [0.2, 0.25) is 0 Å². The van der Waals surface area contributed by atoms with Crippen LogP contribution in [-0.2, 0) is 0 Å². The largest absolute Gasteiger partial charge is 0.508 e. The van der Waals surface area contributed by atoms with E-state index in [1.807, 2.05) is 18.3 Å². The van der Waals surface area contributed by atoms with Gasteiger partial charge in [0.1, 0.15) is 5.75 Å². The number of phenolic OH excluding ortho intramolecular Hbond substituents is 1. The van der Waals surface area contributed by atoms with Gasteiger partial charge in [-0.15, -0.1) is 0 Å². The van der Waals surface area contributed by atoms with Crippen molar-refractivity contribution in [1.82, 2.24) is 0 Å². The standard InChI is InChI=1S/C25H22N2O/c28-20-14-8-17(9-15-20)16-26-19-12-10-18(11-13-19)25-23-6-3-5-21(23)22-4-1-2-7-24(22)27-25/h1-5,7-16,21,23,25,27-28H,6H2/t21-,23-,25-/m0/s1. The fraction of sp³-hybridized carbons (Fsp3) is 0.160. The van der Waals surface area contributed by atoms with Crippen LogP contribution in [0.2, 0.25) is 0 Å². The Labute approximate surface area is 165 Å². The third kappa shape index (κ3) is 3.09. The molecule has 1 aliphatic heterocycles. The van der Waals surface area contributed by atoms with Crippen molar-refractivity contribution in [3.63, 3.8) is 0 Å². The predicted molar refractivity (Wildman–Crippen MR) is 115 cm³/mol. The molecule has 2 aliphatic rings. The van der Waals surface area contributed by atoms with Crippen LogP contribution in [0.15, 0.2) is 89.9 Å². The molecular weight excluding hydrogens is 344 g/mol. The highest BCUT2D eigenvalue weighted by atomic mass is 16.3. The van der Waals surface area contributed by atoms with Crippen molar-refractivity contribution >= 4 is 17.6 Å². The first-order chi connectivity index (χ1) is 13.8. The lowest BCUT2D eigenvalue weighted by atomic mass is 9.77. The monoisotopic (exact) mass is 366 g/mol. The molecule has 0 amide bonds. The number of hydrogen-bond donors (Lipinski definition) is 2. The van der Waals surface area contributed by atoms with Crippen LogP contribution in [0.5, 0.6) is 5.75 Å². The van der Waals surface area contributed by atoms with Crippen LogP contribution in [0.25, 0.3) is 0 Å². The van der Waals surface area contributed by atoms with Gasteiger partial charge in [0.25, 0.3) is 0 Å². The number of benzene rings is 3. The number of aromatic hydroxyl groups is 1. The molecule has 0 radical (unpaired) electrons. The lowest BCUT2D eigenvalue weighted by Gasteiger charge is -2.37. The van der Waals surface area contributed by atoms with E-state index >= 15 is 0 Å². The molecule has 138 valence electrons. The maximum atomic E-state index is 9.37. The van der Waals surface area contributed by atoms with Gasteiger partial charge in [-0.1, -0.05) is 42.5 Å². The number of anilines is 1. The van der Waals surface area contributed by atoms with Crippen LogP contribution < -0.4 is 5.32 Å². The predicted octanol–water partition coefficient (Wildman–Crippen LogP) is 5.97. The summed E-state index contributed by atoms with van der Waals surface area (Å²) in [4.78, 5) is 4.56. The normalized spacial score (nSPS) is 22.6. The molecule has 5 rings (SSSR count). The summed E-state index contributed by atoms with van der Waals surface area (Å²) >= 11 is 0. The van der Waals surface area contributed by atoms with Gasteiger partial charge >= 0.3 is 0 Å². The van der Waals surface area contributed by atoms with Crippen LogP contribution in [0.4, 0.5) is 11.4 Å². The summed E-state index contributed by atoms with van der Waals surface area (Å²) in [5.41, 5.74) is 5.85. The van der Waals surface area contributed by atoms with Gasteiger partial charge in [0, 0.05) is 17.8 Å². The van der Waals surface area contributed by atoms with Gasteiger partial charge in [-0.25, -0.2) is 0 Å². The van der Waals surface area contributed by atoms with Crippen LogP contribution in [0.3, 0.4) is 0 Å². The van der Waals surface area contributed by atoms with Crippen LogP contribution >= 0.6 is 0 Å². The highest BCUT2D eigenvalue weighted by Crippen LogP contribution is 2.49. The molecule has 0 saturated carbocycles. The van der Waals surface area contributed by atoms with Crippen molar-refractivity contribution in [3.8, 4) is 5.75 Å². The summed E-state index contributed by atoms with van der Waals surface area (Å²) in [7, 11) is 0. The Morgan fingerprint density at radius 3 is 2.54 bits per heavy atom. The van der Waals surface area contributed by atoms with Crippen LogP contribution in [0.1, 0.15) is 35.1 Å². The van der Waals surface area contributed by atoms with E-state index in [1.54, 1.807) is 12.1 Å². The van der Waals surface area contributed by atoms with E-state index in [-0.39, 0.29) is 5.75 Å². The highest BCUT2D eigenvalue weighted by molar-refractivity contribution is 5.82. The summed E-state index contributed by atoms with van der Waals surface area (Å²) < 4.78 is 0. The summed E-state index contributed by atoms with van der Waals surface area (Å²) in [5.74, 6) is 1.32. The lowest BCUT2D eigenvalue weighted by molar-refractivity contribution is 0.425. The van der Waals surface area contributed by atoms with Gasteiger partial charge in [-0.3, -0.25) is 4.99 Å². The minimum absolute atomic E-state index is 0.266. The van der Waals surface area contributed by atoms with Gasteiger partial charge in [-0.05, 0) is 71.5 Å². The molecule has 3 aromatic rings. The minimum atomic E-state index is 0.266. The fourth-order valence-electron chi connectivity index (χ4n) is 4.35. The second-order valence-corrected chi connectivity index (χ2v) is 7.50. The third-order valence-corrected chi connectivity index (χ3v) is 5.78. The third-order valence-electron chi connectivity index (χ3n) is 5.78. The zero-order valence-electron chi connectivity index (χ0n) is 15.5. The summed E-state index contributed by atoms with van der Waals surface area (Å²) in [6, 6.07) is 24.5. The topological polar surface area (TPSA) is 44.6 Å². The maximum absolute atomic E-state index is 9.37. The van der Waals surface area contributed by atoms with Crippen LogP contribution in [0, 0.1) is 5.92 Å². The van der Waals surface area contributed by atoms with Gasteiger partial charge in [0.15, 0.2) is 0 Å². The Hall–Kier alpha value is -3.33. The van der Waals surface area contributed by atoms with E-state index < -0.39 is 0 Å². The quantitative estimate of drug-likeness (QED) is 0.443. The molecule has 1 aliphatic carbocycles. The molecule has 0 unspecified atom stereocenters. The zero-order valence-corrected chi connectivity index (χ0v) is 15.5. The molecule has 0 aromatic heterocycles. The molecule has 3 aromatic carbocycles. The minimum Gasteiger partial charge on any atom is -0.508 e. The number of hydrogen-bond acceptors (Lipinski definition) is 3. The number of nitrogens with one attached hydrogen (secondary N) is 1. The van der Waals surface area contributed by atoms with Crippen LogP contribution in [-0.4, -0.2) is 11.3 Å². The number of aliphatic imine (C=N–C) groups is 1. The number of allylic oxidation sites excluding steroid dienone is 2. The van der Waals surface area contributed by atoms with E-state index in [2.05, 4.69) is 71.0 Å². The zero-order chi connectivity index (χ0) is 18.9. The van der Waals surface area contributed by atoms with E-state index in [0.29, 0.717) is 17.9 Å². The van der Waals surface area contributed by atoms with Crippen molar-refractivity contribution in [2.24, 2.45) is 10.9 Å². The molecule has 28 heavy (non-hydrogen) atoms. The number of fused-ring (bicyclic) bond motifs is 3. The number of phenols is 1. The summed E-state index contributed by atoms with van der Waals surface area (Å²) in [6.07, 6.45) is 7.62. The van der Waals surface area contributed by atoms with E-state index in [0.717, 1.165) is 17.7 Å². The Morgan fingerprint density at radius 1 is 0.929 bits per heavy atom. The number of nitrogens with zero attached hydrogens (tertiary/aromatic N) is 1. The van der Waals surface area contributed by atoms with Crippen molar-refractivity contribution < 1.29 is 5.11 Å². The molecule has 3 nitrogen and oxygen atoms in total. The molecule has 1 heterocycles. The van der Waals surface area contributed by atoms with E-state index in [1.165, 1.54) is 16.8 Å². The average molecular weight is 366 g/mol. The molecular formula is C25H22N2O. The smallest absolute Gasteiger partial charge is 0.115 e. The Kier molecular flexibility index (Phi) is 4.21. The molecule has 0 spiro atoms. The first-order valence-electron chi connectivity index (χ1n) is 9.73.